The zero-order chi connectivity index (χ0) is 25.1. The van der Waals surface area contributed by atoms with E-state index in [0.717, 1.165) is 0 Å². The van der Waals surface area contributed by atoms with Gasteiger partial charge in [-0.3, -0.25) is 19.2 Å². The molecule has 186 valence electrons. The van der Waals surface area contributed by atoms with Gasteiger partial charge in [0.2, 0.25) is 0 Å². The first-order chi connectivity index (χ1) is 15.8. The number of Topliss-reactive ketones (excluding diaryl/α,β-unsaturated/α-hetero) is 1. The van der Waals surface area contributed by atoms with Crippen molar-refractivity contribution in [2.24, 2.45) is 28.1 Å². The fourth-order valence-electron chi connectivity index (χ4n) is 7.43. The highest BCUT2D eigenvalue weighted by Gasteiger charge is 2.69. The molecular formula is C25H32O9. The van der Waals surface area contributed by atoms with Crippen molar-refractivity contribution in [3.63, 3.8) is 0 Å². The summed E-state index contributed by atoms with van der Waals surface area (Å²) in [5, 5.41) is 0. The number of ether oxygens (including phenoxy) is 4. The van der Waals surface area contributed by atoms with E-state index in [9.17, 15) is 24.0 Å². The summed E-state index contributed by atoms with van der Waals surface area (Å²) in [5.74, 6) is -2.13. The summed E-state index contributed by atoms with van der Waals surface area (Å²) < 4.78 is 21.7. The van der Waals surface area contributed by atoms with Crippen molar-refractivity contribution in [2.45, 2.75) is 73.0 Å². The molecule has 2 fully saturated rings. The average molecular weight is 477 g/mol. The van der Waals surface area contributed by atoms with Gasteiger partial charge in [-0.1, -0.05) is 6.92 Å². The summed E-state index contributed by atoms with van der Waals surface area (Å²) in [6, 6.07) is 0. The number of rotatable bonds is 5. The quantitative estimate of drug-likeness (QED) is 0.435. The maximum atomic E-state index is 13.4. The summed E-state index contributed by atoms with van der Waals surface area (Å²) in [6.45, 7) is 7.88. The molecule has 0 spiro atoms. The molecule has 1 aliphatic heterocycles. The van der Waals surface area contributed by atoms with Crippen LogP contribution in [0.4, 0.5) is 0 Å². The molecule has 3 aliphatic carbocycles. The number of hydrogen-bond acceptors (Lipinski definition) is 9. The van der Waals surface area contributed by atoms with Gasteiger partial charge >= 0.3 is 23.9 Å². The van der Waals surface area contributed by atoms with Crippen LogP contribution in [-0.4, -0.2) is 49.2 Å². The molecule has 2 saturated carbocycles. The molecule has 0 aromatic carbocycles. The van der Waals surface area contributed by atoms with Crippen LogP contribution in [0.2, 0.25) is 0 Å². The lowest BCUT2D eigenvalue weighted by atomic mass is 9.45. The first-order valence-electron chi connectivity index (χ1n) is 11.8. The monoisotopic (exact) mass is 476 g/mol. The van der Waals surface area contributed by atoms with Gasteiger partial charge in [0.25, 0.3) is 6.29 Å². The third kappa shape index (κ3) is 3.55. The third-order valence-electron chi connectivity index (χ3n) is 8.71. The highest BCUT2D eigenvalue weighted by molar-refractivity contribution is 5.93. The molecule has 0 unspecified atom stereocenters. The van der Waals surface area contributed by atoms with E-state index in [4.69, 9.17) is 18.9 Å². The van der Waals surface area contributed by atoms with E-state index in [1.54, 1.807) is 0 Å². The van der Waals surface area contributed by atoms with Crippen molar-refractivity contribution in [2.75, 3.05) is 13.2 Å². The molecule has 0 bridgehead atoms. The Labute approximate surface area is 198 Å². The molecule has 4 aliphatic rings. The fraction of sp³-hybridized carbons (Fsp3) is 0.720. The molecule has 6 atom stereocenters. The molecule has 4 rings (SSSR count). The predicted molar refractivity (Wildman–Crippen MR) is 116 cm³/mol. The van der Waals surface area contributed by atoms with Gasteiger partial charge in [-0.15, -0.1) is 0 Å². The van der Waals surface area contributed by atoms with Crippen LogP contribution in [-0.2, 0) is 42.9 Å². The van der Waals surface area contributed by atoms with Gasteiger partial charge in [0.05, 0.1) is 5.41 Å². The minimum Gasteiger partial charge on any atom is -0.465 e. The zero-order valence-electron chi connectivity index (χ0n) is 20.4. The highest BCUT2D eigenvalue weighted by Crippen LogP contribution is 2.70. The Morgan fingerprint density at radius 2 is 1.59 bits per heavy atom. The second kappa shape index (κ2) is 8.20. The number of ketones is 1. The Kier molecular flexibility index (Phi) is 5.89. The normalized spacial score (nSPS) is 38.4. The minimum atomic E-state index is -1.16. The molecular weight excluding hydrogens is 444 g/mol. The van der Waals surface area contributed by atoms with Crippen molar-refractivity contribution < 1.29 is 42.9 Å². The van der Waals surface area contributed by atoms with Crippen molar-refractivity contribution in [1.29, 1.82) is 0 Å². The number of carbonyl (C=O) groups excluding carboxylic acids is 5. The second-order valence-corrected chi connectivity index (χ2v) is 10.7. The van der Waals surface area contributed by atoms with Crippen molar-refractivity contribution in [3.8, 4) is 0 Å². The van der Waals surface area contributed by atoms with Crippen LogP contribution < -0.4 is 0 Å². The molecule has 0 aromatic heterocycles. The molecule has 0 N–H and O–H groups in total. The van der Waals surface area contributed by atoms with Crippen LogP contribution in [0.15, 0.2) is 11.1 Å². The van der Waals surface area contributed by atoms with Crippen LogP contribution in [0, 0.1) is 28.1 Å². The lowest BCUT2D eigenvalue weighted by Gasteiger charge is -2.58. The number of esters is 4. The summed E-state index contributed by atoms with van der Waals surface area (Å²) in [6.07, 6.45) is 1.26. The van der Waals surface area contributed by atoms with Crippen LogP contribution in [0.3, 0.4) is 0 Å². The average Bonchev–Trinajstić information content (AvgIpc) is 3.15. The van der Waals surface area contributed by atoms with E-state index in [0.29, 0.717) is 36.8 Å². The van der Waals surface area contributed by atoms with Gasteiger partial charge in [0.15, 0.2) is 0 Å². The number of carbonyl (C=O) groups is 5. The summed E-state index contributed by atoms with van der Waals surface area (Å²) in [4.78, 5) is 61.3. The fourth-order valence-corrected chi connectivity index (χ4v) is 7.43. The topological polar surface area (TPSA) is 122 Å². The Morgan fingerprint density at radius 1 is 0.941 bits per heavy atom. The van der Waals surface area contributed by atoms with Gasteiger partial charge in [-0.25, -0.2) is 4.79 Å². The third-order valence-corrected chi connectivity index (χ3v) is 8.71. The SMILES string of the molecule is CC(=O)OC[C@@]12CC[C@@H]3[C@](C)(CC(=O)[C@]3(C)COC(C)=O)[C@H]1CCC1=C2[C@H](OC(C)=O)OC1=O. The van der Waals surface area contributed by atoms with Crippen LogP contribution in [0.1, 0.15) is 66.7 Å². The van der Waals surface area contributed by atoms with E-state index in [2.05, 4.69) is 6.92 Å². The maximum absolute atomic E-state index is 13.4. The number of fused-ring (bicyclic) bond motifs is 4. The molecule has 1 heterocycles. The molecule has 34 heavy (non-hydrogen) atoms. The lowest BCUT2D eigenvalue weighted by molar-refractivity contribution is -0.180. The van der Waals surface area contributed by atoms with Crippen LogP contribution in [0.5, 0.6) is 0 Å². The first-order valence-corrected chi connectivity index (χ1v) is 11.8. The molecule has 0 radical (unpaired) electrons. The largest absolute Gasteiger partial charge is 0.465 e. The lowest BCUT2D eigenvalue weighted by Crippen LogP contribution is -2.56. The van der Waals surface area contributed by atoms with Gasteiger partial charge < -0.3 is 18.9 Å². The second-order valence-electron chi connectivity index (χ2n) is 10.7. The molecule has 0 amide bonds. The molecule has 0 saturated heterocycles. The molecule has 0 aromatic rings. The van der Waals surface area contributed by atoms with Gasteiger partial charge in [0, 0.05) is 43.8 Å². The Morgan fingerprint density at radius 3 is 2.21 bits per heavy atom. The first kappa shape index (κ1) is 24.4. The predicted octanol–water partition coefficient (Wildman–Crippen LogP) is 2.65. The number of cyclic esters (lactones) is 1. The summed E-state index contributed by atoms with van der Waals surface area (Å²) in [7, 11) is 0. The summed E-state index contributed by atoms with van der Waals surface area (Å²) >= 11 is 0. The molecule has 9 heteroatoms. The van der Waals surface area contributed by atoms with Crippen LogP contribution in [0.25, 0.3) is 0 Å². The standard InChI is InChI=1S/C25H32O9/c1-13(26)31-11-24(5)17-8-9-25(12-32-14(2)27)18(23(17,4)10-19(24)29)7-6-16-20(25)22(33-15(3)28)34-21(16)30/h17-18,22H,6-12H2,1-5H3/t17-,18-,22-,23+,24-,25+/m1/s1. The number of hydrogen-bond donors (Lipinski definition) is 0. The van der Waals surface area contributed by atoms with Gasteiger partial charge in [0.1, 0.15) is 19.0 Å². The smallest absolute Gasteiger partial charge is 0.337 e. The van der Waals surface area contributed by atoms with E-state index in [1.165, 1.54) is 20.8 Å². The van der Waals surface area contributed by atoms with E-state index >= 15 is 0 Å². The van der Waals surface area contributed by atoms with Crippen molar-refractivity contribution >= 4 is 29.7 Å². The van der Waals surface area contributed by atoms with Gasteiger partial charge in [-0.05, 0) is 49.9 Å². The Balaban J connectivity index is 1.79. The van der Waals surface area contributed by atoms with Crippen LogP contribution >= 0.6 is 0 Å². The Bertz CT molecular complexity index is 996. The van der Waals surface area contributed by atoms with Crippen molar-refractivity contribution in [1.82, 2.24) is 0 Å². The Hall–Kier alpha value is -2.71. The summed E-state index contributed by atoms with van der Waals surface area (Å²) in [5.41, 5.74) is -1.06. The van der Waals surface area contributed by atoms with Crippen molar-refractivity contribution in [3.05, 3.63) is 11.1 Å². The van der Waals surface area contributed by atoms with Gasteiger partial charge in [-0.2, -0.15) is 0 Å². The van der Waals surface area contributed by atoms with E-state index < -0.39 is 46.4 Å². The van der Waals surface area contributed by atoms with E-state index in [1.807, 2.05) is 6.92 Å². The maximum Gasteiger partial charge on any atom is 0.337 e. The zero-order valence-corrected chi connectivity index (χ0v) is 20.4. The highest BCUT2D eigenvalue weighted by atomic mass is 16.7. The van der Waals surface area contributed by atoms with E-state index in [-0.39, 0.29) is 37.3 Å². The molecule has 9 nitrogen and oxygen atoms in total. The minimum absolute atomic E-state index is 0.0113.